The second-order valence-electron chi connectivity index (χ2n) is 7.45. The molecule has 0 saturated heterocycles. The van der Waals surface area contributed by atoms with E-state index in [1.807, 2.05) is 47.4 Å². The van der Waals surface area contributed by atoms with E-state index in [4.69, 9.17) is 0 Å². The van der Waals surface area contributed by atoms with Gasteiger partial charge in [-0.2, -0.15) is 0 Å². The number of hydrogen-bond donors (Lipinski definition) is 1. The molecule has 2 amide bonds. The second-order valence-corrected chi connectivity index (χ2v) is 7.45. The average Bonchev–Trinajstić information content (AvgIpc) is 3.03. The van der Waals surface area contributed by atoms with Crippen molar-refractivity contribution in [3.8, 4) is 0 Å². The van der Waals surface area contributed by atoms with Crippen LogP contribution >= 0.6 is 0 Å². The van der Waals surface area contributed by atoms with Crippen LogP contribution in [0.5, 0.6) is 0 Å². The molecule has 1 aromatic heterocycles. The molecule has 2 aliphatic rings. The highest BCUT2D eigenvalue weighted by atomic mass is 16.2. The molecule has 1 aliphatic carbocycles. The Morgan fingerprint density at radius 3 is 2.63 bits per heavy atom. The van der Waals surface area contributed by atoms with Crippen molar-refractivity contribution in [2.75, 3.05) is 0 Å². The highest BCUT2D eigenvalue weighted by molar-refractivity contribution is 5.99. The zero-order valence-electron chi connectivity index (χ0n) is 15.4. The lowest BCUT2D eigenvalue weighted by atomic mass is 9.93. The van der Waals surface area contributed by atoms with E-state index in [0.29, 0.717) is 18.5 Å². The van der Waals surface area contributed by atoms with Gasteiger partial charge >= 0.3 is 0 Å². The van der Waals surface area contributed by atoms with Crippen LogP contribution in [0, 0.1) is 0 Å². The van der Waals surface area contributed by atoms with Crippen molar-refractivity contribution in [2.45, 2.75) is 57.2 Å². The average molecular weight is 363 g/mol. The number of carbonyl (C=O) groups is 2. The zero-order chi connectivity index (χ0) is 18.6. The summed E-state index contributed by atoms with van der Waals surface area (Å²) in [6.45, 7) is 0.534. The summed E-state index contributed by atoms with van der Waals surface area (Å²) >= 11 is 0. The van der Waals surface area contributed by atoms with Gasteiger partial charge in [-0.05, 0) is 36.6 Å². The molecule has 0 spiro atoms. The van der Waals surface area contributed by atoms with E-state index in [2.05, 4.69) is 10.3 Å². The van der Waals surface area contributed by atoms with Crippen LogP contribution in [-0.4, -0.2) is 27.7 Å². The van der Waals surface area contributed by atoms with E-state index in [1.54, 1.807) is 6.20 Å². The number of benzene rings is 1. The van der Waals surface area contributed by atoms with Gasteiger partial charge in [0.25, 0.3) is 5.91 Å². The lowest BCUT2D eigenvalue weighted by Gasteiger charge is -2.35. The fourth-order valence-corrected chi connectivity index (χ4v) is 4.25. The fraction of sp³-hybridized carbons (Fsp3) is 0.409. The van der Waals surface area contributed by atoms with Gasteiger partial charge in [0.2, 0.25) is 5.91 Å². The summed E-state index contributed by atoms with van der Waals surface area (Å²) in [5.74, 6) is 0.00639. The van der Waals surface area contributed by atoms with Crippen LogP contribution < -0.4 is 5.32 Å². The molecule has 1 aromatic carbocycles. The van der Waals surface area contributed by atoms with Crippen molar-refractivity contribution in [3.63, 3.8) is 0 Å². The highest BCUT2D eigenvalue weighted by Crippen LogP contribution is 2.30. The molecule has 2 aromatic rings. The van der Waals surface area contributed by atoms with Crippen molar-refractivity contribution in [1.82, 2.24) is 15.2 Å². The van der Waals surface area contributed by atoms with Crippen LogP contribution in [0.1, 0.15) is 66.2 Å². The van der Waals surface area contributed by atoms with Gasteiger partial charge in [-0.3, -0.25) is 14.6 Å². The number of rotatable bonds is 5. The molecule has 0 unspecified atom stereocenters. The number of nitrogens with zero attached hydrogens (tertiary/aromatic N) is 2. The third kappa shape index (κ3) is 3.87. The summed E-state index contributed by atoms with van der Waals surface area (Å²) < 4.78 is 0. The van der Waals surface area contributed by atoms with Crippen LogP contribution in [0.4, 0.5) is 0 Å². The quantitative estimate of drug-likeness (QED) is 0.882. The minimum Gasteiger partial charge on any atom is -0.345 e. The maximum atomic E-state index is 13.3. The van der Waals surface area contributed by atoms with E-state index in [9.17, 15) is 9.59 Å². The molecule has 1 N–H and O–H groups in total. The molecule has 0 bridgehead atoms. The Kier molecular flexibility index (Phi) is 5.19. The summed E-state index contributed by atoms with van der Waals surface area (Å²) in [6, 6.07) is 13.4. The van der Waals surface area contributed by atoms with Crippen LogP contribution in [0.2, 0.25) is 0 Å². The van der Waals surface area contributed by atoms with Crippen LogP contribution in [0.3, 0.4) is 0 Å². The number of fused-ring (bicyclic) bond motifs is 1. The van der Waals surface area contributed by atoms with E-state index in [1.165, 1.54) is 19.3 Å². The Hall–Kier alpha value is -2.69. The largest absolute Gasteiger partial charge is 0.345 e. The molecule has 0 radical (unpaired) electrons. The summed E-state index contributed by atoms with van der Waals surface area (Å²) in [4.78, 5) is 31.8. The minimum atomic E-state index is -0.240. The van der Waals surface area contributed by atoms with Gasteiger partial charge in [-0.15, -0.1) is 0 Å². The normalized spacial score (nSPS) is 19.4. The van der Waals surface area contributed by atoms with Gasteiger partial charge in [0, 0.05) is 17.8 Å². The first-order valence-electron chi connectivity index (χ1n) is 9.81. The zero-order valence-corrected chi connectivity index (χ0v) is 15.4. The molecular weight excluding hydrogens is 338 g/mol. The van der Waals surface area contributed by atoms with Crippen LogP contribution in [0.15, 0.2) is 48.7 Å². The van der Waals surface area contributed by atoms with Crippen molar-refractivity contribution in [1.29, 1.82) is 0 Å². The maximum Gasteiger partial charge on any atom is 0.252 e. The highest BCUT2D eigenvalue weighted by Gasteiger charge is 2.33. The lowest BCUT2D eigenvalue weighted by Crippen LogP contribution is -2.42. The van der Waals surface area contributed by atoms with E-state index >= 15 is 0 Å². The number of nitrogens with one attached hydrogen (secondary N) is 1. The first-order valence-corrected chi connectivity index (χ1v) is 9.81. The van der Waals surface area contributed by atoms with Crippen molar-refractivity contribution in [2.24, 2.45) is 0 Å². The van der Waals surface area contributed by atoms with Crippen molar-refractivity contribution >= 4 is 11.8 Å². The first kappa shape index (κ1) is 17.7. The van der Waals surface area contributed by atoms with Gasteiger partial charge in [-0.25, -0.2) is 0 Å². The molecule has 5 nitrogen and oxygen atoms in total. The number of amides is 2. The minimum absolute atomic E-state index is 0.0858. The Labute approximate surface area is 159 Å². The molecule has 1 atom stereocenters. The number of carbonyl (C=O) groups excluding carboxylic acids is 2. The molecule has 27 heavy (non-hydrogen) atoms. The second kappa shape index (κ2) is 7.91. The number of aromatic nitrogens is 1. The maximum absolute atomic E-state index is 13.3. The molecule has 4 rings (SSSR count). The Morgan fingerprint density at radius 1 is 1.07 bits per heavy atom. The smallest absolute Gasteiger partial charge is 0.252 e. The first-order chi connectivity index (χ1) is 13.2. The van der Waals surface area contributed by atoms with Gasteiger partial charge in [0.1, 0.15) is 0 Å². The summed E-state index contributed by atoms with van der Waals surface area (Å²) in [6.07, 6.45) is 7.74. The van der Waals surface area contributed by atoms with Crippen molar-refractivity contribution < 1.29 is 9.59 Å². The standard InChI is InChI=1S/C22H25N3O2/c26-21(14-20-18-11-4-5-12-19(18)22(27)24-20)25(17-9-2-1-3-10-17)15-16-8-6-7-13-23-16/h4-8,11-13,17,20H,1-3,9-10,14-15H2,(H,24,27)/t20-/m1/s1. The molecule has 5 heteroatoms. The fourth-order valence-electron chi connectivity index (χ4n) is 4.25. The molecule has 1 saturated carbocycles. The Balaban J connectivity index is 1.53. The summed E-state index contributed by atoms with van der Waals surface area (Å²) in [5.41, 5.74) is 2.52. The summed E-state index contributed by atoms with van der Waals surface area (Å²) in [5, 5.41) is 2.97. The van der Waals surface area contributed by atoms with Gasteiger partial charge in [0.05, 0.1) is 24.7 Å². The Bertz CT molecular complexity index is 815. The van der Waals surface area contributed by atoms with Crippen LogP contribution in [0.25, 0.3) is 0 Å². The molecule has 1 fully saturated rings. The van der Waals surface area contributed by atoms with Gasteiger partial charge in [-0.1, -0.05) is 43.5 Å². The lowest BCUT2D eigenvalue weighted by molar-refractivity contribution is -0.135. The van der Waals surface area contributed by atoms with E-state index in [0.717, 1.165) is 24.1 Å². The predicted octanol–water partition coefficient (Wildman–Crippen LogP) is 3.62. The van der Waals surface area contributed by atoms with Crippen LogP contribution in [-0.2, 0) is 11.3 Å². The van der Waals surface area contributed by atoms with E-state index < -0.39 is 0 Å². The predicted molar refractivity (Wildman–Crippen MR) is 103 cm³/mol. The third-order valence-corrected chi connectivity index (χ3v) is 5.66. The molecule has 2 heterocycles. The summed E-state index contributed by atoms with van der Waals surface area (Å²) in [7, 11) is 0. The molecular formula is C22H25N3O2. The van der Waals surface area contributed by atoms with Crippen molar-refractivity contribution in [3.05, 3.63) is 65.5 Å². The SMILES string of the molecule is O=C1N[C@H](CC(=O)N(Cc2ccccn2)C2CCCCC2)c2ccccc21. The van der Waals surface area contributed by atoms with Gasteiger partial charge in [0.15, 0.2) is 0 Å². The third-order valence-electron chi connectivity index (χ3n) is 5.66. The molecule has 1 aliphatic heterocycles. The monoisotopic (exact) mass is 363 g/mol. The van der Waals surface area contributed by atoms with Gasteiger partial charge < -0.3 is 10.2 Å². The number of pyridine rings is 1. The van der Waals surface area contributed by atoms with E-state index in [-0.39, 0.29) is 23.9 Å². The molecule has 140 valence electrons. The topological polar surface area (TPSA) is 62.3 Å². The number of hydrogen-bond acceptors (Lipinski definition) is 3. The Morgan fingerprint density at radius 2 is 1.85 bits per heavy atom.